The summed E-state index contributed by atoms with van der Waals surface area (Å²) < 4.78 is 26.2. The summed E-state index contributed by atoms with van der Waals surface area (Å²) in [6.07, 6.45) is 9.78. The van der Waals surface area contributed by atoms with Gasteiger partial charge in [-0.1, -0.05) is 25.1 Å². The normalized spacial score (nSPS) is 16.6. The molecule has 214 valence electrons. The Morgan fingerprint density at radius 2 is 1.93 bits per heavy atom. The molecular weight excluding hydrogens is 517 g/mol. The molecule has 0 bridgehead atoms. The maximum Gasteiger partial charge on any atom is 0.249 e. The first kappa shape index (κ1) is 27.2. The lowest BCUT2D eigenvalue weighted by Crippen LogP contribution is -2.52. The van der Waals surface area contributed by atoms with E-state index in [2.05, 4.69) is 41.1 Å². The maximum atomic E-state index is 13.9. The summed E-state index contributed by atoms with van der Waals surface area (Å²) in [5.74, 6) is 0.681. The smallest absolute Gasteiger partial charge is 0.249 e. The van der Waals surface area contributed by atoms with Crippen molar-refractivity contribution < 1.29 is 18.7 Å². The summed E-state index contributed by atoms with van der Waals surface area (Å²) in [6.45, 7) is 3.17. The number of H-pyrrole nitrogens is 1. The second-order valence-corrected chi connectivity index (χ2v) is 11.3. The van der Waals surface area contributed by atoms with Crippen molar-refractivity contribution in [2.45, 2.75) is 70.4 Å². The molecule has 0 spiro atoms. The number of benzene rings is 3. The fraction of sp³-hybridized carbons (Fsp3) is 0.382. The number of aromatic nitrogens is 1. The van der Waals surface area contributed by atoms with Crippen LogP contribution in [0.2, 0.25) is 0 Å². The molecule has 1 unspecified atom stereocenters. The number of hydrogen-bond donors (Lipinski definition) is 2. The number of anilines is 1. The van der Waals surface area contributed by atoms with Crippen molar-refractivity contribution in [2.75, 3.05) is 18.1 Å². The zero-order valence-corrected chi connectivity index (χ0v) is 23.6. The van der Waals surface area contributed by atoms with Gasteiger partial charge in [-0.3, -0.25) is 4.79 Å². The van der Waals surface area contributed by atoms with Crippen LogP contribution in [0.5, 0.6) is 11.5 Å². The second kappa shape index (κ2) is 11.9. The standard InChI is InChI=1S/C34H38FN3O3/c1-2-17-40-32-16-14-27(34(36)39)29-19-26(21-41-33(29)32)38(25-10-6-11-25)31-12-4-3-7-22(31)8-5-9-23-20-37-30-15-13-24(35)18-28(23)30/h3-4,7,12-16,18,20,25-26,37H,2,5-6,8-11,17,19,21H2,1H3,(H2,36,39). The van der Waals surface area contributed by atoms with Gasteiger partial charge in [0.15, 0.2) is 11.5 Å². The Hall–Kier alpha value is -4.00. The third kappa shape index (κ3) is 5.50. The summed E-state index contributed by atoms with van der Waals surface area (Å²) in [5, 5.41) is 0.958. The molecule has 7 heteroatoms. The minimum Gasteiger partial charge on any atom is -0.490 e. The van der Waals surface area contributed by atoms with Gasteiger partial charge in [0, 0.05) is 46.4 Å². The summed E-state index contributed by atoms with van der Waals surface area (Å²) in [5.41, 5.74) is 11.8. The Kier molecular flexibility index (Phi) is 7.86. The molecule has 3 N–H and O–H groups in total. The first-order valence-corrected chi connectivity index (χ1v) is 14.9. The van der Waals surface area contributed by atoms with Crippen molar-refractivity contribution in [1.29, 1.82) is 0 Å². The van der Waals surface area contributed by atoms with Gasteiger partial charge in [0.05, 0.1) is 12.6 Å². The van der Waals surface area contributed by atoms with E-state index in [-0.39, 0.29) is 11.9 Å². The van der Waals surface area contributed by atoms with E-state index in [1.807, 2.05) is 6.20 Å². The number of ether oxygens (including phenoxy) is 2. The van der Waals surface area contributed by atoms with Crippen LogP contribution in [0.4, 0.5) is 10.1 Å². The van der Waals surface area contributed by atoms with E-state index in [4.69, 9.17) is 15.2 Å². The molecular formula is C34H38FN3O3. The van der Waals surface area contributed by atoms with E-state index in [0.29, 0.717) is 42.7 Å². The van der Waals surface area contributed by atoms with Crippen molar-refractivity contribution in [3.63, 3.8) is 0 Å². The van der Waals surface area contributed by atoms with Crippen LogP contribution < -0.4 is 20.1 Å². The number of carbonyl (C=O) groups excluding carboxylic acids is 1. The lowest BCUT2D eigenvalue weighted by molar-refractivity contribution is 0.0997. The van der Waals surface area contributed by atoms with Gasteiger partial charge in [-0.15, -0.1) is 0 Å². The molecule has 1 amide bonds. The van der Waals surface area contributed by atoms with E-state index >= 15 is 0 Å². The Morgan fingerprint density at radius 3 is 2.71 bits per heavy atom. The topological polar surface area (TPSA) is 80.6 Å². The van der Waals surface area contributed by atoms with Crippen LogP contribution in [0.1, 0.15) is 66.1 Å². The summed E-state index contributed by atoms with van der Waals surface area (Å²) in [6, 6.07) is 17.6. The van der Waals surface area contributed by atoms with Crippen molar-refractivity contribution in [1.82, 2.24) is 4.98 Å². The zero-order chi connectivity index (χ0) is 28.3. The zero-order valence-electron chi connectivity index (χ0n) is 23.6. The monoisotopic (exact) mass is 555 g/mol. The molecule has 1 aliphatic heterocycles. The van der Waals surface area contributed by atoms with E-state index in [0.717, 1.165) is 60.6 Å². The summed E-state index contributed by atoms with van der Waals surface area (Å²) >= 11 is 0. The van der Waals surface area contributed by atoms with Gasteiger partial charge in [-0.25, -0.2) is 4.39 Å². The molecule has 6 nitrogen and oxygen atoms in total. The molecule has 3 aromatic carbocycles. The number of hydrogen-bond acceptors (Lipinski definition) is 4. The summed E-state index contributed by atoms with van der Waals surface area (Å²) in [4.78, 5) is 18.2. The number of nitrogens with two attached hydrogens (primary N) is 1. The Morgan fingerprint density at radius 1 is 1.10 bits per heavy atom. The van der Waals surface area contributed by atoms with Crippen molar-refractivity contribution >= 4 is 22.5 Å². The maximum absolute atomic E-state index is 13.9. The van der Waals surface area contributed by atoms with Crippen molar-refractivity contribution in [3.8, 4) is 11.5 Å². The molecule has 0 saturated heterocycles. The SMILES string of the molecule is CCCOc1ccc(C(N)=O)c2c1OCC(N(c1ccccc1CCCc1c[nH]c3ccc(F)cc13)C1CCC1)C2. The first-order valence-electron chi connectivity index (χ1n) is 14.9. The highest BCUT2D eigenvalue weighted by molar-refractivity contribution is 5.95. The van der Waals surface area contributed by atoms with Crippen LogP contribution in [0.3, 0.4) is 0 Å². The predicted octanol–water partition coefficient (Wildman–Crippen LogP) is 6.73. The number of aromatic amines is 1. The fourth-order valence-corrected chi connectivity index (χ4v) is 6.33. The molecule has 2 heterocycles. The van der Waals surface area contributed by atoms with Crippen LogP contribution >= 0.6 is 0 Å². The van der Waals surface area contributed by atoms with Crippen LogP contribution in [0, 0.1) is 5.82 Å². The Bertz CT molecular complexity index is 1540. The number of rotatable bonds is 11. The van der Waals surface area contributed by atoms with E-state index < -0.39 is 5.91 Å². The highest BCUT2D eigenvalue weighted by atomic mass is 19.1. The highest BCUT2D eigenvalue weighted by Crippen LogP contribution is 2.42. The third-order valence-corrected chi connectivity index (χ3v) is 8.56. The average Bonchev–Trinajstić information content (AvgIpc) is 3.35. The molecule has 4 aromatic rings. The molecule has 6 rings (SSSR count). The quantitative estimate of drug-likeness (QED) is 0.215. The van der Waals surface area contributed by atoms with Gasteiger partial charge in [-0.2, -0.15) is 0 Å². The first-order chi connectivity index (χ1) is 20.0. The second-order valence-electron chi connectivity index (χ2n) is 11.3. The number of aryl methyl sites for hydroxylation is 2. The molecule has 1 aromatic heterocycles. The lowest BCUT2D eigenvalue weighted by atomic mass is 9.86. The minimum absolute atomic E-state index is 0.0741. The van der Waals surface area contributed by atoms with Crippen LogP contribution in [-0.4, -0.2) is 36.2 Å². The van der Waals surface area contributed by atoms with Gasteiger partial charge in [-0.05, 0) is 92.5 Å². The van der Waals surface area contributed by atoms with Crippen LogP contribution in [-0.2, 0) is 19.3 Å². The van der Waals surface area contributed by atoms with Gasteiger partial charge < -0.3 is 25.1 Å². The molecule has 1 fully saturated rings. The van der Waals surface area contributed by atoms with Crippen LogP contribution in [0.15, 0.2) is 60.8 Å². The molecule has 0 radical (unpaired) electrons. The number of nitrogens with one attached hydrogen (secondary N) is 1. The largest absolute Gasteiger partial charge is 0.490 e. The molecule has 1 atom stereocenters. The Labute approximate surface area is 240 Å². The lowest BCUT2D eigenvalue weighted by Gasteiger charge is -2.46. The fourth-order valence-electron chi connectivity index (χ4n) is 6.33. The number of primary amides is 1. The van der Waals surface area contributed by atoms with E-state index in [1.165, 1.54) is 23.7 Å². The van der Waals surface area contributed by atoms with E-state index in [9.17, 15) is 9.18 Å². The summed E-state index contributed by atoms with van der Waals surface area (Å²) in [7, 11) is 0. The van der Waals surface area contributed by atoms with Crippen molar-refractivity contribution in [2.24, 2.45) is 5.73 Å². The van der Waals surface area contributed by atoms with Gasteiger partial charge in [0.2, 0.25) is 5.91 Å². The minimum atomic E-state index is -0.444. The molecule has 2 aliphatic rings. The Balaban J connectivity index is 1.26. The van der Waals surface area contributed by atoms with Gasteiger partial charge >= 0.3 is 0 Å². The molecule has 1 aliphatic carbocycles. The number of fused-ring (bicyclic) bond motifs is 2. The van der Waals surface area contributed by atoms with E-state index in [1.54, 1.807) is 24.3 Å². The number of carbonyl (C=O) groups is 1. The number of para-hydroxylation sites is 1. The van der Waals surface area contributed by atoms with Crippen molar-refractivity contribution in [3.05, 3.63) is 88.9 Å². The number of nitrogens with zero attached hydrogens (tertiary/aromatic N) is 1. The number of halogens is 1. The van der Waals surface area contributed by atoms with Gasteiger partial charge in [0.25, 0.3) is 0 Å². The van der Waals surface area contributed by atoms with Gasteiger partial charge in [0.1, 0.15) is 12.4 Å². The highest BCUT2D eigenvalue weighted by Gasteiger charge is 2.36. The molecule has 1 saturated carbocycles. The third-order valence-electron chi connectivity index (χ3n) is 8.56. The average molecular weight is 556 g/mol. The van der Waals surface area contributed by atoms with Crippen LogP contribution in [0.25, 0.3) is 10.9 Å². The molecule has 41 heavy (non-hydrogen) atoms. The number of amides is 1. The predicted molar refractivity (Wildman–Crippen MR) is 161 cm³/mol.